The van der Waals surface area contributed by atoms with Crippen molar-refractivity contribution in [3.05, 3.63) is 28.1 Å². The molecule has 0 aliphatic heterocycles. The average Bonchev–Trinajstić information content (AvgIpc) is 2.71. The van der Waals surface area contributed by atoms with E-state index in [9.17, 15) is 4.79 Å². The van der Waals surface area contributed by atoms with E-state index in [1.807, 2.05) is 11.4 Å². The molecule has 0 aliphatic rings. The fourth-order valence-electron chi connectivity index (χ4n) is 1.93. The molecule has 0 saturated heterocycles. The summed E-state index contributed by atoms with van der Waals surface area (Å²) in [7, 11) is 0. The first-order chi connectivity index (χ1) is 7.72. The third-order valence-electron chi connectivity index (χ3n) is 2.73. The van der Waals surface area contributed by atoms with Crippen molar-refractivity contribution in [2.75, 3.05) is 0 Å². The van der Waals surface area contributed by atoms with Gasteiger partial charge in [0, 0.05) is 6.54 Å². The van der Waals surface area contributed by atoms with E-state index < -0.39 is 0 Å². The molecule has 0 radical (unpaired) electrons. The highest BCUT2D eigenvalue weighted by Gasteiger charge is 2.07. The minimum absolute atomic E-state index is 0.1000. The number of aromatic nitrogens is 2. The molecule has 0 aromatic carbocycles. The van der Waals surface area contributed by atoms with Crippen LogP contribution in [0.1, 0.15) is 26.7 Å². The lowest BCUT2D eigenvalue weighted by molar-refractivity contribution is 0.437. The van der Waals surface area contributed by atoms with Gasteiger partial charge in [0.25, 0.3) is 5.56 Å². The second-order valence-corrected chi connectivity index (χ2v) is 5.15. The first kappa shape index (κ1) is 11.3. The highest BCUT2D eigenvalue weighted by atomic mass is 32.1. The molecule has 2 aromatic heterocycles. The van der Waals surface area contributed by atoms with Gasteiger partial charge >= 0.3 is 0 Å². The molecule has 0 amide bonds. The van der Waals surface area contributed by atoms with E-state index in [0.29, 0.717) is 5.92 Å². The molecular formula is C12H16N2OS. The van der Waals surface area contributed by atoms with Crippen molar-refractivity contribution in [1.29, 1.82) is 0 Å². The van der Waals surface area contributed by atoms with Gasteiger partial charge in [-0.15, -0.1) is 11.3 Å². The van der Waals surface area contributed by atoms with Gasteiger partial charge in [0.05, 0.1) is 11.8 Å². The zero-order valence-electron chi connectivity index (χ0n) is 9.64. The molecule has 86 valence electrons. The third kappa shape index (κ3) is 2.16. The van der Waals surface area contributed by atoms with Gasteiger partial charge in [0.15, 0.2) is 0 Å². The normalized spacial score (nSPS) is 13.1. The summed E-state index contributed by atoms with van der Waals surface area (Å²) < 4.78 is 2.50. The SMILES string of the molecule is CCCC(C)Cn1cnc2ccsc2c1=O. The predicted octanol–water partition coefficient (Wildman–Crippen LogP) is 2.89. The Balaban J connectivity index is 2.31. The van der Waals surface area contributed by atoms with Crippen LogP contribution in [0, 0.1) is 5.92 Å². The van der Waals surface area contributed by atoms with Crippen LogP contribution in [0.4, 0.5) is 0 Å². The molecule has 0 aliphatic carbocycles. The van der Waals surface area contributed by atoms with Crippen molar-refractivity contribution in [2.24, 2.45) is 5.92 Å². The average molecular weight is 236 g/mol. The Hall–Kier alpha value is -1.16. The highest BCUT2D eigenvalue weighted by molar-refractivity contribution is 7.17. The van der Waals surface area contributed by atoms with Gasteiger partial charge in [0.2, 0.25) is 0 Å². The van der Waals surface area contributed by atoms with Crippen molar-refractivity contribution < 1.29 is 0 Å². The van der Waals surface area contributed by atoms with Crippen LogP contribution in [0.2, 0.25) is 0 Å². The summed E-state index contributed by atoms with van der Waals surface area (Å²) in [5.74, 6) is 0.530. The zero-order chi connectivity index (χ0) is 11.5. The Morgan fingerprint density at radius 1 is 1.56 bits per heavy atom. The smallest absolute Gasteiger partial charge is 0.271 e. The Bertz CT molecular complexity index is 529. The van der Waals surface area contributed by atoms with Gasteiger partial charge in [-0.1, -0.05) is 20.3 Å². The molecule has 1 unspecified atom stereocenters. The van der Waals surface area contributed by atoms with Gasteiger partial charge < -0.3 is 0 Å². The Morgan fingerprint density at radius 2 is 2.38 bits per heavy atom. The van der Waals surface area contributed by atoms with Crippen LogP contribution in [0.15, 0.2) is 22.6 Å². The van der Waals surface area contributed by atoms with E-state index in [-0.39, 0.29) is 5.56 Å². The number of rotatable bonds is 4. The predicted molar refractivity (Wildman–Crippen MR) is 68.0 cm³/mol. The van der Waals surface area contributed by atoms with Crippen molar-refractivity contribution in [3.8, 4) is 0 Å². The fraction of sp³-hybridized carbons (Fsp3) is 0.500. The molecular weight excluding hydrogens is 220 g/mol. The van der Waals surface area contributed by atoms with Crippen LogP contribution in [0.5, 0.6) is 0 Å². The number of fused-ring (bicyclic) bond motifs is 1. The maximum Gasteiger partial charge on any atom is 0.271 e. The van der Waals surface area contributed by atoms with Crippen molar-refractivity contribution in [1.82, 2.24) is 9.55 Å². The molecule has 3 nitrogen and oxygen atoms in total. The van der Waals surface area contributed by atoms with Gasteiger partial charge in [-0.25, -0.2) is 4.98 Å². The lowest BCUT2D eigenvalue weighted by atomic mass is 10.1. The highest BCUT2D eigenvalue weighted by Crippen LogP contribution is 2.14. The maximum atomic E-state index is 12.1. The van der Waals surface area contributed by atoms with Crippen molar-refractivity contribution >= 4 is 21.6 Å². The van der Waals surface area contributed by atoms with Crippen molar-refractivity contribution in [2.45, 2.75) is 33.2 Å². The number of hydrogen-bond acceptors (Lipinski definition) is 3. The molecule has 0 saturated carbocycles. The summed E-state index contributed by atoms with van der Waals surface area (Å²) in [6, 6.07) is 1.89. The second-order valence-electron chi connectivity index (χ2n) is 4.23. The van der Waals surface area contributed by atoms with Gasteiger partial charge in [-0.2, -0.15) is 0 Å². The zero-order valence-corrected chi connectivity index (χ0v) is 10.5. The van der Waals surface area contributed by atoms with E-state index in [4.69, 9.17) is 0 Å². The van der Waals surface area contributed by atoms with Gasteiger partial charge in [-0.05, 0) is 23.8 Å². The molecule has 2 heterocycles. The summed E-state index contributed by atoms with van der Waals surface area (Å²) in [6.45, 7) is 5.11. The van der Waals surface area contributed by atoms with E-state index in [1.54, 1.807) is 10.9 Å². The molecule has 4 heteroatoms. The van der Waals surface area contributed by atoms with Crippen LogP contribution >= 0.6 is 11.3 Å². The Labute approximate surface area is 98.8 Å². The first-order valence-corrected chi connectivity index (χ1v) is 6.53. The van der Waals surface area contributed by atoms with E-state index in [0.717, 1.165) is 29.6 Å². The molecule has 2 rings (SSSR count). The van der Waals surface area contributed by atoms with Gasteiger partial charge in [0.1, 0.15) is 4.70 Å². The summed E-state index contributed by atoms with van der Waals surface area (Å²) in [5, 5.41) is 1.92. The summed E-state index contributed by atoms with van der Waals surface area (Å²) in [6.07, 6.45) is 3.98. The second kappa shape index (κ2) is 4.78. The lowest BCUT2D eigenvalue weighted by Gasteiger charge is -2.11. The molecule has 0 N–H and O–H groups in total. The summed E-state index contributed by atoms with van der Waals surface area (Å²) >= 11 is 1.47. The Morgan fingerprint density at radius 3 is 3.12 bits per heavy atom. The van der Waals surface area contributed by atoms with Crippen LogP contribution in [-0.2, 0) is 6.54 Å². The summed E-state index contributed by atoms with van der Waals surface area (Å²) in [4.78, 5) is 16.4. The number of thiophene rings is 1. The standard InChI is InChI=1S/C12H16N2OS/c1-3-4-9(2)7-14-8-13-10-5-6-16-11(10)12(14)15/h5-6,8-9H,3-4,7H2,1-2H3. The van der Waals surface area contributed by atoms with Crippen LogP contribution in [-0.4, -0.2) is 9.55 Å². The van der Waals surface area contributed by atoms with Crippen molar-refractivity contribution in [3.63, 3.8) is 0 Å². The largest absolute Gasteiger partial charge is 0.298 e. The van der Waals surface area contributed by atoms with Crippen LogP contribution in [0.3, 0.4) is 0 Å². The molecule has 0 fully saturated rings. The van der Waals surface area contributed by atoms with E-state index in [2.05, 4.69) is 18.8 Å². The number of hydrogen-bond donors (Lipinski definition) is 0. The Kier molecular flexibility index (Phi) is 3.39. The third-order valence-corrected chi connectivity index (χ3v) is 3.62. The minimum Gasteiger partial charge on any atom is -0.298 e. The quantitative estimate of drug-likeness (QED) is 0.818. The monoisotopic (exact) mass is 236 g/mol. The van der Waals surface area contributed by atoms with E-state index in [1.165, 1.54) is 11.3 Å². The molecule has 16 heavy (non-hydrogen) atoms. The van der Waals surface area contributed by atoms with Crippen LogP contribution in [0.25, 0.3) is 10.2 Å². The number of nitrogens with zero attached hydrogens (tertiary/aromatic N) is 2. The first-order valence-electron chi connectivity index (χ1n) is 5.65. The topological polar surface area (TPSA) is 34.9 Å². The van der Waals surface area contributed by atoms with Crippen LogP contribution < -0.4 is 5.56 Å². The minimum atomic E-state index is 0.1000. The lowest BCUT2D eigenvalue weighted by Crippen LogP contribution is -2.22. The van der Waals surface area contributed by atoms with E-state index >= 15 is 0 Å². The summed E-state index contributed by atoms with van der Waals surface area (Å²) in [5.41, 5.74) is 0.914. The molecule has 2 aromatic rings. The maximum absolute atomic E-state index is 12.1. The van der Waals surface area contributed by atoms with Gasteiger partial charge in [-0.3, -0.25) is 9.36 Å². The fourth-order valence-corrected chi connectivity index (χ4v) is 2.72. The molecule has 0 spiro atoms. The molecule has 1 atom stereocenters. The molecule has 0 bridgehead atoms.